The maximum Gasteiger partial charge on any atom is 0.346 e. The lowest BCUT2D eigenvalue weighted by Gasteiger charge is -2.32. The topological polar surface area (TPSA) is 124 Å². The maximum absolute atomic E-state index is 13.2. The SMILES string of the molecule is CCOP(=O)(OCC)C(C(=O)OC)C(C(=O)OC)P(=O)(OCC)OCC. The van der Waals surface area contributed by atoms with Gasteiger partial charge >= 0.3 is 27.1 Å². The average Bonchev–Trinajstić information content (AvgIpc) is 2.58. The molecule has 0 saturated carbocycles. The largest absolute Gasteiger partial charge is 0.468 e. The highest BCUT2D eigenvalue weighted by Crippen LogP contribution is 2.64. The first kappa shape index (κ1) is 25.2. The van der Waals surface area contributed by atoms with Gasteiger partial charge < -0.3 is 27.6 Å². The number of carbonyl (C=O) groups excluding carboxylic acids is 2. The fourth-order valence-electron chi connectivity index (χ4n) is 2.22. The van der Waals surface area contributed by atoms with Gasteiger partial charge in [0, 0.05) is 0 Å². The second-order valence-corrected chi connectivity index (χ2v) is 8.99. The molecule has 0 aromatic carbocycles. The van der Waals surface area contributed by atoms with Crippen molar-refractivity contribution in [3.63, 3.8) is 0 Å². The van der Waals surface area contributed by atoms with Crippen LogP contribution in [0, 0.1) is 0 Å². The molecule has 0 saturated heterocycles. The van der Waals surface area contributed by atoms with Crippen molar-refractivity contribution in [2.24, 2.45) is 0 Å². The third kappa shape index (κ3) is 6.15. The molecular formula is C14H28O10P2. The molecule has 0 radical (unpaired) electrons. The second kappa shape index (κ2) is 11.8. The highest BCUT2D eigenvalue weighted by molar-refractivity contribution is 7.60. The van der Waals surface area contributed by atoms with E-state index in [2.05, 4.69) is 9.47 Å². The molecule has 0 N–H and O–H groups in total. The van der Waals surface area contributed by atoms with E-state index >= 15 is 0 Å². The summed E-state index contributed by atoms with van der Waals surface area (Å²) < 4.78 is 56.5. The molecule has 12 heteroatoms. The van der Waals surface area contributed by atoms with Crippen molar-refractivity contribution < 1.29 is 46.3 Å². The molecule has 0 aliphatic rings. The monoisotopic (exact) mass is 418 g/mol. The molecule has 2 unspecified atom stereocenters. The first-order valence-corrected chi connectivity index (χ1v) is 11.4. The van der Waals surface area contributed by atoms with Crippen molar-refractivity contribution in [2.75, 3.05) is 40.6 Å². The summed E-state index contributed by atoms with van der Waals surface area (Å²) in [6, 6.07) is 0. The molecule has 0 aromatic heterocycles. The Bertz CT molecular complexity index is 482. The molecule has 0 fully saturated rings. The summed E-state index contributed by atoms with van der Waals surface area (Å²) >= 11 is 0. The van der Waals surface area contributed by atoms with Gasteiger partial charge in [-0.05, 0) is 27.7 Å². The lowest BCUT2D eigenvalue weighted by atomic mass is 10.3. The third-order valence-electron chi connectivity index (χ3n) is 3.10. The maximum atomic E-state index is 13.2. The van der Waals surface area contributed by atoms with Crippen LogP contribution in [-0.2, 0) is 46.3 Å². The molecule has 2 atom stereocenters. The van der Waals surface area contributed by atoms with Crippen LogP contribution in [-0.4, -0.2) is 63.9 Å². The smallest absolute Gasteiger partial charge is 0.346 e. The Labute approximate surface area is 153 Å². The highest BCUT2D eigenvalue weighted by Gasteiger charge is 2.59. The van der Waals surface area contributed by atoms with Gasteiger partial charge in [-0.2, -0.15) is 0 Å². The quantitative estimate of drug-likeness (QED) is 0.326. The van der Waals surface area contributed by atoms with E-state index < -0.39 is 38.4 Å². The first-order chi connectivity index (χ1) is 12.2. The third-order valence-corrected chi connectivity index (χ3v) is 8.19. The van der Waals surface area contributed by atoms with Gasteiger partial charge in [0.25, 0.3) is 0 Å². The minimum atomic E-state index is -4.28. The Balaban J connectivity index is 6.54. The molecule has 0 aliphatic carbocycles. The molecule has 0 rings (SSSR count). The lowest BCUT2D eigenvalue weighted by molar-refractivity contribution is -0.147. The van der Waals surface area contributed by atoms with Crippen molar-refractivity contribution in [1.82, 2.24) is 0 Å². The minimum Gasteiger partial charge on any atom is -0.468 e. The van der Waals surface area contributed by atoms with E-state index in [-0.39, 0.29) is 26.4 Å². The summed E-state index contributed by atoms with van der Waals surface area (Å²) in [6.45, 7) is 5.74. The summed E-state index contributed by atoms with van der Waals surface area (Å²) in [5.74, 6) is -2.24. The van der Waals surface area contributed by atoms with Crippen molar-refractivity contribution in [2.45, 2.75) is 39.0 Å². The number of rotatable bonds is 13. The van der Waals surface area contributed by atoms with Gasteiger partial charge in [0.2, 0.25) is 0 Å². The standard InChI is InChI=1S/C14H28O10P2/c1-7-21-25(17,22-8-2)11(13(15)19-5)12(14(16)20-6)26(18,23-9-3)24-10-4/h11-12H,7-10H2,1-6H3. The molecule has 0 aliphatic heterocycles. The number of hydrogen-bond acceptors (Lipinski definition) is 10. The fraction of sp³-hybridized carbons (Fsp3) is 0.857. The van der Waals surface area contributed by atoms with Crippen LogP contribution < -0.4 is 0 Å². The number of ether oxygens (including phenoxy) is 2. The van der Waals surface area contributed by atoms with E-state index in [9.17, 15) is 18.7 Å². The first-order valence-electron chi connectivity index (χ1n) is 8.14. The zero-order chi connectivity index (χ0) is 20.4. The van der Waals surface area contributed by atoms with Gasteiger partial charge in [0.05, 0.1) is 40.6 Å². The Morgan fingerprint density at radius 2 is 0.885 bits per heavy atom. The summed E-state index contributed by atoms with van der Waals surface area (Å²) in [6.07, 6.45) is 0. The molecule has 0 aromatic rings. The summed E-state index contributed by atoms with van der Waals surface area (Å²) in [4.78, 5) is 24.9. The number of esters is 2. The Morgan fingerprint density at radius 3 is 1.04 bits per heavy atom. The van der Waals surface area contributed by atoms with Gasteiger partial charge in [-0.15, -0.1) is 0 Å². The van der Waals surface area contributed by atoms with Crippen molar-refractivity contribution in [3.05, 3.63) is 0 Å². The number of methoxy groups -OCH3 is 2. The van der Waals surface area contributed by atoms with Gasteiger partial charge in [-0.25, -0.2) is 0 Å². The predicted octanol–water partition coefficient (Wildman–Crippen LogP) is 2.60. The van der Waals surface area contributed by atoms with Crippen LogP contribution in [0.5, 0.6) is 0 Å². The van der Waals surface area contributed by atoms with Crippen LogP contribution >= 0.6 is 15.2 Å². The summed E-state index contributed by atoms with van der Waals surface area (Å²) in [5.41, 5.74) is -3.77. The summed E-state index contributed by atoms with van der Waals surface area (Å²) in [5, 5.41) is 0. The molecular weight excluding hydrogens is 390 g/mol. The second-order valence-electron chi connectivity index (χ2n) is 4.69. The lowest BCUT2D eigenvalue weighted by Crippen LogP contribution is -2.42. The molecule has 0 bridgehead atoms. The van der Waals surface area contributed by atoms with Gasteiger partial charge in [-0.3, -0.25) is 18.7 Å². The van der Waals surface area contributed by atoms with Gasteiger partial charge in [-0.1, -0.05) is 0 Å². The van der Waals surface area contributed by atoms with E-state index in [1.165, 1.54) is 27.7 Å². The minimum absolute atomic E-state index is 0.0910. The fourth-order valence-corrected chi connectivity index (χ4v) is 7.09. The van der Waals surface area contributed by atoms with Crippen LogP contribution in [0.15, 0.2) is 0 Å². The van der Waals surface area contributed by atoms with E-state index in [4.69, 9.17) is 18.1 Å². The predicted molar refractivity (Wildman–Crippen MR) is 93.3 cm³/mol. The summed E-state index contributed by atoms with van der Waals surface area (Å²) in [7, 11) is -6.50. The van der Waals surface area contributed by atoms with Crippen molar-refractivity contribution in [3.8, 4) is 0 Å². The Morgan fingerprint density at radius 1 is 0.654 bits per heavy atom. The molecule has 10 nitrogen and oxygen atoms in total. The van der Waals surface area contributed by atoms with Crippen LogP contribution in [0.2, 0.25) is 0 Å². The number of carbonyl (C=O) groups is 2. The zero-order valence-corrected chi connectivity index (χ0v) is 17.7. The highest BCUT2D eigenvalue weighted by atomic mass is 31.2. The van der Waals surface area contributed by atoms with Crippen LogP contribution in [0.4, 0.5) is 0 Å². The normalized spacial score (nSPS) is 14.5. The van der Waals surface area contributed by atoms with Crippen molar-refractivity contribution in [1.29, 1.82) is 0 Å². The van der Waals surface area contributed by atoms with Crippen LogP contribution in [0.25, 0.3) is 0 Å². The van der Waals surface area contributed by atoms with Crippen molar-refractivity contribution >= 4 is 27.1 Å². The van der Waals surface area contributed by atoms with Crippen LogP contribution in [0.3, 0.4) is 0 Å². The molecule has 26 heavy (non-hydrogen) atoms. The Kier molecular flexibility index (Phi) is 11.5. The Hall–Kier alpha value is -0.760. The van der Waals surface area contributed by atoms with E-state index in [0.29, 0.717) is 0 Å². The van der Waals surface area contributed by atoms with E-state index in [1.54, 1.807) is 0 Å². The molecule has 0 amide bonds. The number of hydrogen-bond donors (Lipinski definition) is 0. The van der Waals surface area contributed by atoms with Gasteiger partial charge in [0.15, 0.2) is 11.3 Å². The zero-order valence-electron chi connectivity index (χ0n) is 16.0. The molecule has 0 heterocycles. The van der Waals surface area contributed by atoms with Gasteiger partial charge in [0.1, 0.15) is 0 Å². The molecule has 0 spiro atoms. The van der Waals surface area contributed by atoms with Crippen LogP contribution in [0.1, 0.15) is 27.7 Å². The van der Waals surface area contributed by atoms with E-state index in [0.717, 1.165) is 14.2 Å². The molecule has 154 valence electrons. The average molecular weight is 418 g/mol. The van der Waals surface area contributed by atoms with E-state index in [1.807, 2.05) is 0 Å².